The van der Waals surface area contributed by atoms with E-state index >= 15 is 0 Å². The Balaban J connectivity index is 2.06. The monoisotopic (exact) mass is 329 g/mol. The maximum atomic E-state index is 12.2. The van der Waals surface area contributed by atoms with E-state index in [1.807, 2.05) is 0 Å². The van der Waals surface area contributed by atoms with E-state index in [0.717, 1.165) is 0 Å². The highest BCUT2D eigenvalue weighted by molar-refractivity contribution is 6.04. The molecule has 0 saturated carbocycles. The molecule has 0 aliphatic rings. The van der Waals surface area contributed by atoms with Gasteiger partial charge in [-0.3, -0.25) is 9.59 Å². The Morgan fingerprint density at radius 2 is 1.75 bits per heavy atom. The molecule has 1 aromatic carbocycles. The van der Waals surface area contributed by atoms with Crippen LogP contribution < -0.4 is 0 Å². The minimum absolute atomic E-state index is 0.113. The molecule has 0 atom stereocenters. The van der Waals surface area contributed by atoms with Crippen molar-refractivity contribution in [2.75, 3.05) is 6.61 Å². The molecule has 0 spiro atoms. The summed E-state index contributed by atoms with van der Waals surface area (Å²) < 4.78 is 5.03. The van der Waals surface area contributed by atoms with Gasteiger partial charge in [0.1, 0.15) is 0 Å². The second-order valence-corrected chi connectivity index (χ2v) is 5.54. The number of rotatable bonds is 6. The number of benzene rings is 1. The standard InChI is InChI=1S/C18H19NO5/c1-10-16(12(3)21)11(2)19-17(10)15(22)9-24-18(23)14-6-4-13(8-20)5-7-14/h4-7,19-20H,8-9H2,1-3H3. The van der Waals surface area contributed by atoms with Crippen molar-refractivity contribution in [1.82, 2.24) is 4.98 Å². The summed E-state index contributed by atoms with van der Waals surface area (Å²) in [6.45, 7) is 4.31. The molecule has 0 aliphatic carbocycles. The fourth-order valence-corrected chi connectivity index (χ4v) is 2.59. The summed E-state index contributed by atoms with van der Waals surface area (Å²) in [5.41, 5.74) is 2.92. The summed E-state index contributed by atoms with van der Waals surface area (Å²) in [7, 11) is 0. The van der Waals surface area contributed by atoms with Gasteiger partial charge in [0.05, 0.1) is 17.9 Å². The van der Waals surface area contributed by atoms with Gasteiger partial charge < -0.3 is 14.8 Å². The number of aromatic nitrogens is 1. The van der Waals surface area contributed by atoms with Crippen molar-refractivity contribution >= 4 is 17.5 Å². The molecule has 6 nitrogen and oxygen atoms in total. The predicted octanol–water partition coefficient (Wildman–Crippen LogP) is 2.37. The van der Waals surface area contributed by atoms with Crippen molar-refractivity contribution in [2.24, 2.45) is 0 Å². The van der Waals surface area contributed by atoms with E-state index in [0.29, 0.717) is 27.9 Å². The third-order valence-electron chi connectivity index (χ3n) is 3.77. The average molecular weight is 329 g/mol. The molecule has 126 valence electrons. The number of H-pyrrole nitrogens is 1. The summed E-state index contributed by atoms with van der Waals surface area (Å²) in [6.07, 6.45) is 0. The van der Waals surface area contributed by atoms with Gasteiger partial charge in [-0.2, -0.15) is 0 Å². The van der Waals surface area contributed by atoms with Gasteiger partial charge in [0.15, 0.2) is 12.4 Å². The topological polar surface area (TPSA) is 96.5 Å². The molecule has 2 rings (SSSR count). The Morgan fingerprint density at radius 3 is 2.25 bits per heavy atom. The maximum Gasteiger partial charge on any atom is 0.338 e. The number of carbonyl (C=O) groups excluding carboxylic acids is 3. The van der Waals surface area contributed by atoms with Crippen molar-refractivity contribution in [2.45, 2.75) is 27.4 Å². The number of ether oxygens (including phenoxy) is 1. The van der Waals surface area contributed by atoms with Crippen molar-refractivity contribution in [3.63, 3.8) is 0 Å². The van der Waals surface area contributed by atoms with Gasteiger partial charge in [-0.15, -0.1) is 0 Å². The zero-order chi connectivity index (χ0) is 17.9. The highest BCUT2D eigenvalue weighted by Crippen LogP contribution is 2.19. The van der Waals surface area contributed by atoms with Crippen molar-refractivity contribution < 1.29 is 24.2 Å². The number of aromatic amines is 1. The maximum absolute atomic E-state index is 12.2. The highest BCUT2D eigenvalue weighted by atomic mass is 16.5. The quantitative estimate of drug-likeness (QED) is 0.626. The normalized spacial score (nSPS) is 10.5. The van der Waals surface area contributed by atoms with E-state index in [1.54, 1.807) is 26.0 Å². The first-order valence-electron chi connectivity index (χ1n) is 7.45. The van der Waals surface area contributed by atoms with Gasteiger partial charge in [0, 0.05) is 11.3 Å². The van der Waals surface area contributed by atoms with Crippen LogP contribution in [-0.2, 0) is 11.3 Å². The summed E-state index contributed by atoms with van der Waals surface area (Å²) in [5, 5.41) is 8.97. The number of carbonyl (C=O) groups is 3. The lowest BCUT2D eigenvalue weighted by atomic mass is 10.1. The van der Waals surface area contributed by atoms with E-state index in [1.165, 1.54) is 19.1 Å². The summed E-state index contributed by atoms with van der Waals surface area (Å²) >= 11 is 0. The lowest BCUT2D eigenvalue weighted by molar-refractivity contribution is 0.0473. The van der Waals surface area contributed by atoms with E-state index < -0.39 is 18.4 Å². The van der Waals surface area contributed by atoms with Crippen LogP contribution in [0.4, 0.5) is 0 Å². The van der Waals surface area contributed by atoms with Crippen LogP contribution in [0.25, 0.3) is 0 Å². The molecule has 0 saturated heterocycles. The van der Waals surface area contributed by atoms with Crippen molar-refractivity contribution in [3.8, 4) is 0 Å². The number of Topliss-reactive ketones (excluding diaryl/α,β-unsaturated/α-hetero) is 2. The Kier molecular flexibility index (Phi) is 5.31. The number of hydrogen-bond donors (Lipinski definition) is 2. The van der Waals surface area contributed by atoms with Crippen LogP contribution in [0.3, 0.4) is 0 Å². The number of aliphatic hydroxyl groups excluding tert-OH is 1. The van der Waals surface area contributed by atoms with Gasteiger partial charge in [0.2, 0.25) is 5.78 Å². The zero-order valence-corrected chi connectivity index (χ0v) is 13.8. The van der Waals surface area contributed by atoms with Gasteiger partial charge in [-0.1, -0.05) is 12.1 Å². The molecular weight excluding hydrogens is 310 g/mol. The lowest BCUT2D eigenvalue weighted by Crippen LogP contribution is -2.15. The number of aryl methyl sites for hydroxylation is 1. The van der Waals surface area contributed by atoms with Crippen LogP contribution in [-0.4, -0.2) is 34.2 Å². The molecule has 2 N–H and O–H groups in total. The van der Waals surface area contributed by atoms with Crippen LogP contribution in [0.5, 0.6) is 0 Å². The number of nitrogens with one attached hydrogen (secondary N) is 1. The second-order valence-electron chi connectivity index (χ2n) is 5.54. The molecule has 1 heterocycles. The Hall–Kier alpha value is -2.73. The third-order valence-corrected chi connectivity index (χ3v) is 3.77. The molecule has 0 amide bonds. The zero-order valence-electron chi connectivity index (χ0n) is 13.8. The molecule has 0 bridgehead atoms. The van der Waals surface area contributed by atoms with Crippen LogP contribution in [0, 0.1) is 13.8 Å². The average Bonchev–Trinajstić information content (AvgIpc) is 2.87. The number of ketones is 2. The summed E-state index contributed by atoms with van der Waals surface area (Å²) in [5.74, 6) is -1.15. The van der Waals surface area contributed by atoms with Crippen molar-refractivity contribution in [1.29, 1.82) is 0 Å². The van der Waals surface area contributed by atoms with Crippen molar-refractivity contribution in [3.05, 3.63) is 57.9 Å². The SMILES string of the molecule is CC(=O)c1c(C)[nH]c(C(=O)COC(=O)c2ccc(CO)cc2)c1C. The Labute approximate surface area is 139 Å². The Bertz CT molecular complexity index is 786. The van der Waals surface area contributed by atoms with Crippen LogP contribution in [0.15, 0.2) is 24.3 Å². The largest absolute Gasteiger partial charge is 0.454 e. The van der Waals surface area contributed by atoms with Crippen LogP contribution >= 0.6 is 0 Å². The van der Waals surface area contributed by atoms with Crippen LogP contribution in [0.2, 0.25) is 0 Å². The first kappa shape index (κ1) is 17.6. The Morgan fingerprint density at radius 1 is 1.12 bits per heavy atom. The van der Waals surface area contributed by atoms with Gasteiger partial charge in [0.25, 0.3) is 0 Å². The highest BCUT2D eigenvalue weighted by Gasteiger charge is 2.21. The molecule has 24 heavy (non-hydrogen) atoms. The number of hydrogen-bond acceptors (Lipinski definition) is 5. The van der Waals surface area contributed by atoms with E-state index in [4.69, 9.17) is 9.84 Å². The predicted molar refractivity (Wildman–Crippen MR) is 87.2 cm³/mol. The third kappa shape index (κ3) is 3.60. The van der Waals surface area contributed by atoms with Gasteiger partial charge in [-0.25, -0.2) is 4.79 Å². The molecular formula is C18H19NO5. The molecule has 0 radical (unpaired) electrons. The van der Waals surface area contributed by atoms with Gasteiger partial charge >= 0.3 is 5.97 Å². The fraction of sp³-hybridized carbons (Fsp3) is 0.278. The van der Waals surface area contributed by atoms with Gasteiger partial charge in [-0.05, 0) is 44.0 Å². The van der Waals surface area contributed by atoms with E-state index in [2.05, 4.69) is 4.98 Å². The van der Waals surface area contributed by atoms with E-state index in [-0.39, 0.29) is 18.1 Å². The minimum Gasteiger partial charge on any atom is -0.454 e. The number of aliphatic hydroxyl groups is 1. The summed E-state index contributed by atoms with van der Waals surface area (Å²) in [4.78, 5) is 38.7. The number of esters is 1. The smallest absolute Gasteiger partial charge is 0.338 e. The van der Waals surface area contributed by atoms with E-state index in [9.17, 15) is 14.4 Å². The minimum atomic E-state index is -0.624. The first-order valence-corrected chi connectivity index (χ1v) is 7.45. The molecule has 1 aromatic heterocycles. The molecule has 2 aromatic rings. The molecule has 0 fully saturated rings. The molecule has 6 heteroatoms. The fourth-order valence-electron chi connectivity index (χ4n) is 2.59. The first-order chi connectivity index (χ1) is 11.3. The summed E-state index contributed by atoms with van der Waals surface area (Å²) in [6, 6.07) is 6.26. The lowest BCUT2D eigenvalue weighted by Gasteiger charge is -2.05. The van der Waals surface area contributed by atoms with Crippen LogP contribution in [0.1, 0.15) is 54.9 Å². The molecule has 0 unspecified atom stereocenters. The second kappa shape index (κ2) is 7.23. The molecule has 0 aliphatic heterocycles.